The van der Waals surface area contributed by atoms with Crippen LogP contribution in [0.3, 0.4) is 0 Å². The van der Waals surface area contributed by atoms with Crippen molar-refractivity contribution in [1.29, 1.82) is 0 Å². The van der Waals surface area contributed by atoms with Crippen LogP contribution in [0.15, 0.2) is 30.3 Å². The maximum Gasteiger partial charge on any atom is 0.153 e. The molecule has 0 saturated carbocycles. The number of rotatable bonds is 5. The first kappa shape index (κ1) is 15.2. The van der Waals surface area contributed by atoms with E-state index in [1.54, 1.807) is 0 Å². The lowest BCUT2D eigenvalue weighted by molar-refractivity contribution is 0.353. The molecule has 0 bridgehead atoms. The standard InChI is InChI=1S/C18H26N4/c1-13(2)18-20-17-10-9-16(12-22(17)21-18)19-11-14(3)15-7-5-4-6-8-15/h4-8,13-14,16,19H,9-12H2,1-3H3. The Morgan fingerprint density at radius 2 is 2.00 bits per heavy atom. The molecule has 2 aromatic rings. The molecule has 0 spiro atoms. The van der Waals surface area contributed by atoms with Gasteiger partial charge in [-0.25, -0.2) is 9.67 Å². The Hall–Kier alpha value is -1.68. The van der Waals surface area contributed by atoms with E-state index in [9.17, 15) is 0 Å². The van der Waals surface area contributed by atoms with Crippen LogP contribution in [0, 0.1) is 0 Å². The highest BCUT2D eigenvalue weighted by Crippen LogP contribution is 2.18. The van der Waals surface area contributed by atoms with Crippen molar-refractivity contribution in [2.45, 2.75) is 58.0 Å². The molecule has 0 aliphatic carbocycles. The van der Waals surface area contributed by atoms with Crippen LogP contribution >= 0.6 is 0 Å². The number of fused-ring (bicyclic) bond motifs is 1. The van der Waals surface area contributed by atoms with E-state index in [4.69, 9.17) is 0 Å². The van der Waals surface area contributed by atoms with E-state index >= 15 is 0 Å². The maximum absolute atomic E-state index is 4.65. The van der Waals surface area contributed by atoms with Crippen molar-refractivity contribution in [3.63, 3.8) is 0 Å². The van der Waals surface area contributed by atoms with Crippen molar-refractivity contribution in [3.05, 3.63) is 47.5 Å². The van der Waals surface area contributed by atoms with Crippen LogP contribution in [0.1, 0.15) is 56.2 Å². The largest absolute Gasteiger partial charge is 0.312 e. The summed E-state index contributed by atoms with van der Waals surface area (Å²) in [5.41, 5.74) is 1.40. The van der Waals surface area contributed by atoms with Gasteiger partial charge in [-0.1, -0.05) is 51.1 Å². The first-order chi connectivity index (χ1) is 10.6. The highest BCUT2D eigenvalue weighted by atomic mass is 15.4. The molecule has 4 nitrogen and oxygen atoms in total. The van der Waals surface area contributed by atoms with Gasteiger partial charge in [0, 0.05) is 24.9 Å². The number of hydrogen-bond acceptors (Lipinski definition) is 3. The maximum atomic E-state index is 4.65. The zero-order valence-corrected chi connectivity index (χ0v) is 13.8. The Bertz CT molecular complexity index is 603. The molecule has 3 rings (SSSR count). The molecular weight excluding hydrogens is 272 g/mol. The summed E-state index contributed by atoms with van der Waals surface area (Å²) in [6, 6.07) is 11.2. The summed E-state index contributed by atoms with van der Waals surface area (Å²) in [7, 11) is 0. The van der Waals surface area contributed by atoms with Crippen molar-refractivity contribution < 1.29 is 0 Å². The molecule has 1 N–H and O–H groups in total. The van der Waals surface area contributed by atoms with Crippen LogP contribution in [0.4, 0.5) is 0 Å². The topological polar surface area (TPSA) is 42.7 Å². The molecule has 2 atom stereocenters. The van der Waals surface area contributed by atoms with Crippen LogP contribution in [0.25, 0.3) is 0 Å². The normalized spacial score (nSPS) is 19.2. The van der Waals surface area contributed by atoms with E-state index in [1.807, 2.05) is 0 Å². The molecule has 1 aliphatic rings. The molecule has 0 saturated heterocycles. The Kier molecular flexibility index (Phi) is 4.57. The lowest BCUT2D eigenvalue weighted by Gasteiger charge is -2.25. The average molecular weight is 298 g/mol. The molecule has 0 fully saturated rings. The highest BCUT2D eigenvalue weighted by Gasteiger charge is 2.22. The summed E-state index contributed by atoms with van der Waals surface area (Å²) in [6.07, 6.45) is 2.18. The summed E-state index contributed by atoms with van der Waals surface area (Å²) < 4.78 is 2.10. The number of nitrogens with zero attached hydrogens (tertiary/aromatic N) is 3. The molecule has 0 radical (unpaired) electrons. The number of nitrogens with one attached hydrogen (secondary N) is 1. The van der Waals surface area contributed by atoms with Gasteiger partial charge in [0.25, 0.3) is 0 Å². The summed E-state index contributed by atoms with van der Waals surface area (Å²) in [4.78, 5) is 4.65. The third-order valence-electron chi connectivity index (χ3n) is 4.47. The minimum atomic E-state index is 0.405. The van der Waals surface area contributed by atoms with Gasteiger partial charge < -0.3 is 5.32 Å². The SMILES string of the molecule is CC(C)c1nc2n(n1)CC(NCC(C)c1ccccc1)CC2. The smallest absolute Gasteiger partial charge is 0.153 e. The number of aryl methyl sites for hydroxylation is 1. The molecule has 118 valence electrons. The van der Waals surface area contributed by atoms with E-state index in [0.29, 0.717) is 17.9 Å². The van der Waals surface area contributed by atoms with Crippen molar-refractivity contribution in [1.82, 2.24) is 20.1 Å². The quantitative estimate of drug-likeness (QED) is 0.922. The van der Waals surface area contributed by atoms with E-state index < -0.39 is 0 Å². The fourth-order valence-electron chi connectivity index (χ4n) is 2.98. The molecular formula is C18H26N4. The Balaban J connectivity index is 1.56. The lowest BCUT2D eigenvalue weighted by atomic mass is 10.00. The van der Waals surface area contributed by atoms with Gasteiger partial charge in [0.15, 0.2) is 5.82 Å². The fraction of sp³-hybridized carbons (Fsp3) is 0.556. The fourth-order valence-corrected chi connectivity index (χ4v) is 2.98. The van der Waals surface area contributed by atoms with Crippen LogP contribution in [-0.2, 0) is 13.0 Å². The Morgan fingerprint density at radius 1 is 1.23 bits per heavy atom. The van der Waals surface area contributed by atoms with Gasteiger partial charge in [-0.15, -0.1) is 0 Å². The molecule has 1 aromatic carbocycles. The summed E-state index contributed by atoms with van der Waals surface area (Å²) >= 11 is 0. The van der Waals surface area contributed by atoms with Crippen LogP contribution in [-0.4, -0.2) is 27.4 Å². The number of aromatic nitrogens is 3. The monoisotopic (exact) mass is 298 g/mol. The van der Waals surface area contributed by atoms with Crippen molar-refractivity contribution in [3.8, 4) is 0 Å². The predicted octanol–water partition coefficient (Wildman–Crippen LogP) is 3.11. The first-order valence-electron chi connectivity index (χ1n) is 8.35. The third-order valence-corrected chi connectivity index (χ3v) is 4.47. The average Bonchev–Trinajstić information content (AvgIpc) is 2.97. The van der Waals surface area contributed by atoms with Crippen molar-refractivity contribution in [2.75, 3.05) is 6.54 Å². The Morgan fingerprint density at radius 3 is 2.73 bits per heavy atom. The van der Waals surface area contributed by atoms with Crippen molar-refractivity contribution >= 4 is 0 Å². The molecule has 1 aliphatic heterocycles. The van der Waals surface area contributed by atoms with E-state index in [-0.39, 0.29) is 0 Å². The van der Waals surface area contributed by atoms with E-state index in [1.165, 1.54) is 5.56 Å². The van der Waals surface area contributed by atoms with Gasteiger partial charge in [-0.3, -0.25) is 0 Å². The molecule has 4 heteroatoms. The Labute approximate surface area is 133 Å². The second-order valence-corrected chi connectivity index (χ2v) is 6.68. The summed E-state index contributed by atoms with van der Waals surface area (Å²) in [5.74, 6) is 3.07. The van der Waals surface area contributed by atoms with Gasteiger partial charge in [0.1, 0.15) is 5.82 Å². The van der Waals surface area contributed by atoms with Crippen molar-refractivity contribution in [2.24, 2.45) is 0 Å². The van der Waals surface area contributed by atoms with Gasteiger partial charge in [0.05, 0.1) is 6.54 Å². The van der Waals surface area contributed by atoms with Gasteiger partial charge >= 0.3 is 0 Å². The summed E-state index contributed by atoms with van der Waals surface area (Å²) in [5, 5.41) is 8.36. The minimum absolute atomic E-state index is 0.405. The second kappa shape index (κ2) is 6.61. The number of hydrogen-bond donors (Lipinski definition) is 1. The second-order valence-electron chi connectivity index (χ2n) is 6.68. The molecule has 1 aromatic heterocycles. The first-order valence-corrected chi connectivity index (χ1v) is 8.35. The summed E-state index contributed by atoms with van der Waals surface area (Å²) in [6.45, 7) is 8.53. The van der Waals surface area contributed by atoms with Crippen LogP contribution in [0.2, 0.25) is 0 Å². The predicted molar refractivity (Wildman–Crippen MR) is 89.1 cm³/mol. The van der Waals surface area contributed by atoms with E-state index in [0.717, 1.165) is 37.6 Å². The molecule has 0 amide bonds. The van der Waals surface area contributed by atoms with Gasteiger partial charge in [-0.2, -0.15) is 5.10 Å². The minimum Gasteiger partial charge on any atom is -0.312 e. The zero-order valence-electron chi connectivity index (χ0n) is 13.8. The zero-order chi connectivity index (χ0) is 15.5. The lowest BCUT2D eigenvalue weighted by Crippen LogP contribution is -2.39. The number of benzene rings is 1. The van der Waals surface area contributed by atoms with Gasteiger partial charge in [0.2, 0.25) is 0 Å². The van der Waals surface area contributed by atoms with Crippen LogP contribution in [0.5, 0.6) is 0 Å². The molecule has 2 heterocycles. The highest BCUT2D eigenvalue weighted by molar-refractivity contribution is 5.19. The van der Waals surface area contributed by atoms with Gasteiger partial charge in [-0.05, 0) is 17.9 Å². The van der Waals surface area contributed by atoms with E-state index in [2.05, 4.69) is 71.2 Å². The van der Waals surface area contributed by atoms with Crippen LogP contribution < -0.4 is 5.32 Å². The molecule has 2 unspecified atom stereocenters. The molecule has 22 heavy (non-hydrogen) atoms. The third kappa shape index (κ3) is 3.38.